The number of likely N-dealkylation sites (tertiary alicyclic amines) is 1. The van der Waals surface area contributed by atoms with E-state index in [9.17, 15) is 14.4 Å². The van der Waals surface area contributed by atoms with Crippen LogP contribution in [0.1, 0.15) is 38.3 Å². The number of carbonyl (C=O) groups excluding carboxylic acids is 3. The van der Waals surface area contributed by atoms with Crippen molar-refractivity contribution in [2.24, 2.45) is 5.92 Å². The minimum absolute atomic E-state index is 0.0409. The summed E-state index contributed by atoms with van der Waals surface area (Å²) in [6.45, 7) is 9.88. The van der Waals surface area contributed by atoms with E-state index in [4.69, 9.17) is 0 Å². The highest BCUT2D eigenvalue weighted by molar-refractivity contribution is 5.93. The maximum atomic E-state index is 13.7. The van der Waals surface area contributed by atoms with Gasteiger partial charge in [-0.25, -0.2) is 10.2 Å². The number of nitrogens with zero attached hydrogens (tertiary/aromatic N) is 3. The van der Waals surface area contributed by atoms with E-state index in [1.165, 1.54) is 6.08 Å². The number of carbonyl (C=O) groups is 3. The molecule has 0 radical (unpaired) electrons. The first-order chi connectivity index (χ1) is 21.1. The Morgan fingerprint density at radius 3 is 2.45 bits per heavy atom. The second kappa shape index (κ2) is 13.1. The highest BCUT2D eigenvalue weighted by Crippen LogP contribution is 2.37. The summed E-state index contributed by atoms with van der Waals surface area (Å²) in [5.74, 6) is -0.280. The van der Waals surface area contributed by atoms with E-state index in [1.54, 1.807) is 4.90 Å². The summed E-state index contributed by atoms with van der Waals surface area (Å²) in [5, 5.41) is 9.83. The van der Waals surface area contributed by atoms with Gasteiger partial charge >= 0.3 is 6.03 Å². The molecule has 2 aromatic carbocycles. The Morgan fingerprint density at radius 1 is 1.07 bits per heavy atom. The Kier molecular flexibility index (Phi) is 9.26. The molecule has 11 nitrogen and oxygen atoms in total. The van der Waals surface area contributed by atoms with Crippen molar-refractivity contribution in [1.82, 2.24) is 30.9 Å². The molecule has 3 aliphatic heterocycles. The van der Waals surface area contributed by atoms with Crippen LogP contribution in [0.15, 0.2) is 78.5 Å². The largest absolute Gasteiger partial charge is 0.365 e. The predicted octanol–water partition coefficient (Wildman–Crippen LogP) is 3.26. The molecule has 44 heavy (non-hydrogen) atoms. The number of hydrogen-bond acceptors (Lipinski definition) is 7. The standard InChI is InChI=1S/C33H44N8O3/c1-6-28(42)40-17-15-23(16-18-40)31(43)35-25-14-10-13-24(19-25)34-30-26-20-41(33(2,3)29(26)37-38-30)32(44)36-27(21-39(4)5)22-11-8-7-9-12-22/h6-14,19,23,27,30,34,37-38H,1,15-18,20-21H2,2-5H3,(H,35,43)(H,36,44)/t27-,30?/m1/s1. The molecule has 0 saturated carbocycles. The van der Waals surface area contributed by atoms with Crippen LogP contribution in [0.4, 0.5) is 16.2 Å². The van der Waals surface area contributed by atoms with Gasteiger partial charge in [-0.1, -0.05) is 43.0 Å². The molecule has 0 spiro atoms. The number of benzene rings is 2. The lowest BCUT2D eigenvalue weighted by Crippen LogP contribution is -2.55. The number of urea groups is 1. The van der Waals surface area contributed by atoms with Crippen molar-refractivity contribution in [2.75, 3.05) is 50.9 Å². The number of piperidine rings is 1. The first-order valence-electron chi connectivity index (χ1n) is 15.2. The van der Waals surface area contributed by atoms with Crippen molar-refractivity contribution >= 4 is 29.2 Å². The molecule has 4 amide bonds. The fourth-order valence-electron chi connectivity index (χ4n) is 6.22. The molecule has 3 aliphatic rings. The van der Waals surface area contributed by atoms with Crippen LogP contribution in [0.25, 0.3) is 0 Å². The van der Waals surface area contributed by atoms with Crippen molar-refractivity contribution in [1.29, 1.82) is 0 Å². The lowest BCUT2D eigenvalue weighted by Gasteiger charge is -2.36. The average Bonchev–Trinajstić information content (AvgIpc) is 3.54. The second-order valence-electron chi connectivity index (χ2n) is 12.4. The summed E-state index contributed by atoms with van der Waals surface area (Å²) in [6, 6.07) is 17.4. The smallest absolute Gasteiger partial charge is 0.318 e. The molecule has 234 valence electrons. The second-order valence-corrected chi connectivity index (χ2v) is 12.4. The summed E-state index contributed by atoms with van der Waals surface area (Å²) in [7, 11) is 4.00. The molecule has 0 aromatic heterocycles. The molecule has 0 aliphatic carbocycles. The van der Waals surface area contributed by atoms with E-state index < -0.39 is 5.54 Å². The van der Waals surface area contributed by atoms with Gasteiger partial charge in [-0.2, -0.15) is 0 Å². The Labute approximate surface area is 259 Å². The number of hydrogen-bond donors (Lipinski definition) is 5. The zero-order chi connectivity index (χ0) is 31.4. The average molecular weight is 601 g/mol. The maximum Gasteiger partial charge on any atom is 0.318 e. The molecule has 3 heterocycles. The van der Waals surface area contributed by atoms with Gasteiger partial charge in [0.15, 0.2) is 0 Å². The van der Waals surface area contributed by atoms with Crippen LogP contribution in [0.5, 0.6) is 0 Å². The summed E-state index contributed by atoms with van der Waals surface area (Å²) >= 11 is 0. The molecule has 2 atom stereocenters. The van der Waals surface area contributed by atoms with Crippen molar-refractivity contribution in [3.05, 3.63) is 84.1 Å². The minimum atomic E-state index is -0.552. The fourth-order valence-corrected chi connectivity index (χ4v) is 6.22. The molecule has 1 unspecified atom stereocenters. The van der Waals surface area contributed by atoms with Gasteiger partial charge in [-0.3, -0.25) is 9.59 Å². The summed E-state index contributed by atoms with van der Waals surface area (Å²) < 4.78 is 0. The molecule has 5 N–H and O–H groups in total. The van der Waals surface area contributed by atoms with Crippen molar-refractivity contribution in [3.8, 4) is 0 Å². The number of amides is 4. The lowest BCUT2D eigenvalue weighted by atomic mass is 9.95. The van der Waals surface area contributed by atoms with Gasteiger partial charge in [0.2, 0.25) is 11.8 Å². The summed E-state index contributed by atoms with van der Waals surface area (Å²) in [6.07, 6.45) is 2.32. The van der Waals surface area contributed by atoms with E-state index in [0.717, 1.165) is 22.5 Å². The normalized spacial score (nSPS) is 20.2. The number of hydrazine groups is 1. The minimum Gasteiger partial charge on any atom is -0.365 e. The Morgan fingerprint density at radius 2 is 1.77 bits per heavy atom. The van der Waals surface area contributed by atoms with Crippen LogP contribution in [0, 0.1) is 5.92 Å². The third kappa shape index (κ3) is 6.74. The first kappa shape index (κ1) is 31.1. The quantitative estimate of drug-likeness (QED) is 0.280. The lowest BCUT2D eigenvalue weighted by molar-refractivity contribution is -0.130. The van der Waals surface area contributed by atoms with E-state index in [1.807, 2.05) is 87.4 Å². The molecular formula is C33H44N8O3. The molecule has 11 heteroatoms. The van der Waals surface area contributed by atoms with Gasteiger partial charge in [-0.05, 0) is 70.6 Å². The maximum absolute atomic E-state index is 13.7. The van der Waals surface area contributed by atoms with E-state index >= 15 is 0 Å². The first-order valence-corrected chi connectivity index (χ1v) is 15.2. The zero-order valence-electron chi connectivity index (χ0n) is 26.0. The van der Waals surface area contributed by atoms with Crippen LogP contribution < -0.4 is 26.8 Å². The molecule has 1 fully saturated rings. The van der Waals surface area contributed by atoms with Gasteiger partial charge < -0.3 is 36.1 Å². The number of nitrogens with one attached hydrogen (secondary N) is 5. The summed E-state index contributed by atoms with van der Waals surface area (Å²) in [5.41, 5.74) is 10.7. The zero-order valence-corrected chi connectivity index (χ0v) is 26.0. The predicted molar refractivity (Wildman–Crippen MR) is 172 cm³/mol. The van der Waals surface area contributed by atoms with E-state index in [-0.39, 0.29) is 36.0 Å². The SMILES string of the molecule is C=CC(=O)N1CCC(C(=O)Nc2cccc(NC3NNC4=C3CN(C(=O)N[C@H](CN(C)C)c3ccccc3)C4(C)C)c2)CC1. The van der Waals surface area contributed by atoms with Gasteiger partial charge in [0.25, 0.3) is 0 Å². The highest BCUT2D eigenvalue weighted by atomic mass is 16.2. The number of likely N-dealkylation sites (N-methyl/N-ethyl adjacent to an activating group) is 1. The third-order valence-corrected chi connectivity index (χ3v) is 8.71. The van der Waals surface area contributed by atoms with Gasteiger partial charge in [0.1, 0.15) is 6.17 Å². The van der Waals surface area contributed by atoms with Crippen LogP contribution in [-0.2, 0) is 9.59 Å². The van der Waals surface area contributed by atoms with Crippen LogP contribution in [0.2, 0.25) is 0 Å². The Hall–Kier alpha value is -4.35. The molecule has 5 rings (SSSR count). The molecule has 0 bridgehead atoms. The fraction of sp³-hybridized carbons (Fsp3) is 0.424. The van der Waals surface area contributed by atoms with Crippen LogP contribution >= 0.6 is 0 Å². The van der Waals surface area contributed by atoms with E-state index in [2.05, 4.69) is 38.3 Å². The van der Waals surface area contributed by atoms with Gasteiger partial charge in [0, 0.05) is 49.0 Å². The van der Waals surface area contributed by atoms with Crippen LogP contribution in [0.3, 0.4) is 0 Å². The van der Waals surface area contributed by atoms with Gasteiger partial charge in [-0.15, -0.1) is 0 Å². The topological polar surface area (TPSA) is 121 Å². The van der Waals surface area contributed by atoms with Gasteiger partial charge in [0.05, 0.1) is 17.3 Å². The molecule has 1 saturated heterocycles. The highest BCUT2D eigenvalue weighted by Gasteiger charge is 2.47. The Balaban J connectivity index is 1.21. The number of anilines is 2. The van der Waals surface area contributed by atoms with Crippen molar-refractivity contribution < 1.29 is 14.4 Å². The van der Waals surface area contributed by atoms with Crippen molar-refractivity contribution in [3.63, 3.8) is 0 Å². The Bertz CT molecular complexity index is 1420. The third-order valence-electron chi connectivity index (χ3n) is 8.71. The van der Waals surface area contributed by atoms with Crippen LogP contribution in [-0.4, -0.2) is 84.5 Å². The monoisotopic (exact) mass is 600 g/mol. The van der Waals surface area contributed by atoms with Crippen molar-refractivity contribution in [2.45, 2.75) is 44.4 Å². The number of rotatable bonds is 9. The molecular weight excluding hydrogens is 556 g/mol. The van der Waals surface area contributed by atoms with E-state index in [0.29, 0.717) is 44.7 Å². The molecule has 2 aromatic rings. The summed E-state index contributed by atoms with van der Waals surface area (Å²) in [4.78, 5) is 44.2.